The van der Waals surface area contributed by atoms with Crippen LogP contribution in [-0.4, -0.2) is 20.9 Å². The second-order valence-corrected chi connectivity index (χ2v) is 8.68. The van der Waals surface area contributed by atoms with E-state index in [1.165, 1.54) is 68.7 Å². The summed E-state index contributed by atoms with van der Waals surface area (Å²) in [6, 6.07) is 11.1. The molecule has 0 bridgehead atoms. The maximum atomic E-state index is 2.30. The van der Waals surface area contributed by atoms with Crippen LogP contribution in [0.5, 0.6) is 0 Å². The van der Waals surface area contributed by atoms with Gasteiger partial charge in [0.25, 0.3) is 0 Å². The van der Waals surface area contributed by atoms with E-state index in [0.717, 1.165) is 0 Å². The van der Waals surface area contributed by atoms with Crippen molar-refractivity contribution in [2.24, 2.45) is 0 Å². The molecule has 0 radical (unpaired) electrons. The fourth-order valence-electron chi connectivity index (χ4n) is 2.30. The molecule has 0 spiro atoms. The summed E-state index contributed by atoms with van der Waals surface area (Å²) < 4.78 is 3.12. The van der Waals surface area contributed by atoms with Gasteiger partial charge in [0, 0.05) is 0 Å². The average molecular weight is 374 g/mol. The first kappa shape index (κ1) is 17.1. The Hall–Kier alpha value is 0.00961. The molecule has 0 saturated heterocycles. The van der Waals surface area contributed by atoms with Gasteiger partial charge < -0.3 is 0 Å². The van der Waals surface area contributed by atoms with Crippen LogP contribution in [0, 0.1) is 0 Å². The van der Waals surface area contributed by atoms with Crippen molar-refractivity contribution in [3.8, 4) is 0 Å². The zero-order valence-electron chi connectivity index (χ0n) is 12.6. The molecule has 1 aromatic rings. The topological polar surface area (TPSA) is 0 Å². The third kappa shape index (κ3) is 10.5. The predicted molar refractivity (Wildman–Crippen MR) is 88.5 cm³/mol. The Bertz CT molecular complexity index is 281. The van der Waals surface area contributed by atoms with E-state index in [2.05, 4.69) is 37.3 Å². The molecule has 1 aromatic carbocycles. The third-order valence-corrected chi connectivity index (χ3v) is 6.64. The summed E-state index contributed by atoms with van der Waals surface area (Å²) in [4.78, 5) is 0. The molecule has 0 nitrogen and oxygen atoms in total. The minimum atomic E-state index is 0.114. The number of rotatable bonds is 12. The third-order valence-electron chi connectivity index (χ3n) is 3.51. The number of hydrogen-bond donors (Lipinski definition) is 0. The van der Waals surface area contributed by atoms with Crippen LogP contribution in [0.1, 0.15) is 71.1 Å². The minimum absolute atomic E-state index is 0.114. The molecule has 0 unspecified atom stereocenters. The van der Waals surface area contributed by atoms with Crippen molar-refractivity contribution < 1.29 is 0 Å². The van der Waals surface area contributed by atoms with Crippen LogP contribution < -0.4 is 3.61 Å². The molecule has 1 rings (SSSR count). The monoisotopic (exact) mass is 376 g/mol. The SMILES string of the molecule is CCCCCCCCCCCC[Te]c1ccccc1. The summed E-state index contributed by atoms with van der Waals surface area (Å²) in [5.74, 6) is 0. The second-order valence-electron chi connectivity index (χ2n) is 5.34. The molecule has 0 amide bonds. The Morgan fingerprint density at radius 3 is 1.79 bits per heavy atom. The van der Waals surface area contributed by atoms with Gasteiger partial charge in [-0.05, 0) is 0 Å². The van der Waals surface area contributed by atoms with Gasteiger partial charge in [-0.2, -0.15) is 0 Å². The molecular formula is C18H30Te. The first-order chi connectivity index (χ1) is 9.43. The van der Waals surface area contributed by atoms with E-state index in [1.807, 2.05) is 0 Å². The van der Waals surface area contributed by atoms with Crippen LogP contribution in [0.15, 0.2) is 30.3 Å². The van der Waals surface area contributed by atoms with E-state index in [1.54, 1.807) is 3.61 Å². The van der Waals surface area contributed by atoms with E-state index < -0.39 is 0 Å². The molecule has 0 N–H and O–H groups in total. The van der Waals surface area contributed by atoms with E-state index in [0.29, 0.717) is 0 Å². The number of benzene rings is 1. The Labute approximate surface area is 130 Å². The van der Waals surface area contributed by atoms with Crippen molar-refractivity contribution in [2.45, 2.75) is 75.6 Å². The van der Waals surface area contributed by atoms with Crippen LogP contribution in [0.4, 0.5) is 0 Å². The van der Waals surface area contributed by atoms with Gasteiger partial charge in [0.15, 0.2) is 0 Å². The Kier molecular flexibility index (Phi) is 11.7. The number of hydrogen-bond acceptors (Lipinski definition) is 0. The van der Waals surface area contributed by atoms with Crippen molar-refractivity contribution >= 4 is 24.5 Å². The Morgan fingerprint density at radius 2 is 1.21 bits per heavy atom. The molecule has 0 fully saturated rings. The fourth-order valence-corrected chi connectivity index (χ4v) is 4.96. The summed E-state index contributed by atoms with van der Waals surface area (Å²) in [6.45, 7) is 2.29. The van der Waals surface area contributed by atoms with Gasteiger partial charge in [0.2, 0.25) is 0 Å². The van der Waals surface area contributed by atoms with E-state index in [4.69, 9.17) is 0 Å². The zero-order chi connectivity index (χ0) is 13.6. The molecule has 19 heavy (non-hydrogen) atoms. The van der Waals surface area contributed by atoms with Crippen LogP contribution >= 0.6 is 0 Å². The van der Waals surface area contributed by atoms with Gasteiger partial charge in [0.05, 0.1) is 0 Å². The Balaban J connectivity index is 1.79. The summed E-state index contributed by atoms with van der Waals surface area (Å²) in [7, 11) is 0. The normalized spacial score (nSPS) is 10.8. The van der Waals surface area contributed by atoms with Gasteiger partial charge in [0.1, 0.15) is 0 Å². The summed E-state index contributed by atoms with van der Waals surface area (Å²) in [5.41, 5.74) is 0. The Morgan fingerprint density at radius 1 is 0.684 bits per heavy atom. The first-order valence-electron chi connectivity index (χ1n) is 8.11. The fraction of sp³-hybridized carbons (Fsp3) is 0.667. The van der Waals surface area contributed by atoms with E-state index in [9.17, 15) is 0 Å². The standard InChI is InChI=1S/C18H30Te/c1-2-3-4-5-6-7-8-9-10-14-17-19-18-15-12-11-13-16-18/h11-13,15-16H,2-10,14,17H2,1H3. The molecule has 0 aliphatic heterocycles. The zero-order valence-corrected chi connectivity index (χ0v) is 14.9. The summed E-state index contributed by atoms with van der Waals surface area (Å²) in [6.07, 6.45) is 14.5. The summed E-state index contributed by atoms with van der Waals surface area (Å²) >= 11 is 0.114. The van der Waals surface area contributed by atoms with Gasteiger partial charge in [-0.1, -0.05) is 0 Å². The molecule has 0 aliphatic rings. The van der Waals surface area contributed by atoms with Crippen LogP contribution in [0.2, 0.25) is 4.47 Å². The molecule has 0 atom stereocenters. The molecule has 0 aromatic heterocycles. The molecule has 0 aliphatic carbocycles. The van der Waals surface area contributed by atoms with Crippen molar-refractivity contribution in [3.63, 3.8) is 0 Å². The second kappa shape index (κ2) is 13.0. The van der Waals surface area contributed by atoms with Crippen LogP contribution in [0.25, 0.3) is 0 Å². The van der Waals surface area contributed by atoms with Gasteiger partial charge in [-0.25, -0.2) is 0 Å². The number of unbranched alkanes of at least 4 members (excludes halogenated alkanes) is 9. The van der Waals surface area contributed by atoms with E-state index in [-0.39, 0.29) is 20.9 Å². The van der Waals surface area contributed by atoms with Crippen molar-refractivity contribution in [1.29, 1.82) is 0 Å². The predicted octanol–water partition coefficient (Wildman–Crippen LogP) is 5.36. The molecule has 0 heterocycles. The maximum absolute atomic E-state index is 2.30. The molecule has 0 saturated carbocycles. The molecular weight excluding hydrogens is 344 g/mol. The van der Waals surface area contributed by atoms with Gasteiger partial charge in [-0.3, -0.25) is 0 Å². The molecule has 1 heteroatoms. The summed E-state index contributed by atoms with van der Waals surface area (Å²) in [5, 5.41) is 0. The van der Waals surface area contributed by atoms with Crippen LogP contribution in [0.3, 0.4) is 0 Å². The van der Waals surface area contributed by atoms with Crippen LogP contribution in [-0.2, 0) is 0 Å². The molecule has 108 valence electrons. The first-order valence-corrected chi connectivity index (χ1v) is 10.9. The van der Waals surface area contributed by atoms with Crippen molar-refractivity contribution in [1.82, 2.24) is 0 Å². The van der Waals surface area contributed by atoms with Gasteiger partial charge >= 0.3 is 130 Å². The van der Waals surface area contributed by atoms with Crippen molar-refractivity contribution in [3.05, 3.63) is 30.3 Å². The average Bonchev–Trinajstić information content (AvgIpc) is 2.46. The quantitative estimate of drug-likeness (QED) is 0.342. The van der Waals surface area contributed by atoms with E-state index >= 15 is 0 Å². The van der Waals surface area contributed by atoms with Crippen molar-refractivity contribution in [2.75, 3.05) is 0 Å². The van der Waals surface area contributed by atoms with Gasteiger partial charge in [-0.15, -0.1) is 0 Å².